The number of fused-ring (bicyclic) bond motifs is 1. The molecule has 2 heterocycles. The standard InChI is InChI=1S/C26H24N2O6/c1-15(29)22-23(17-8-10-18(11-9-17)26(32)33-3)28(25(31)24(22)34-16(2)30)13-12-19-14-27-21-7-5-4-6-20(19)21/h4-11,14,23,27H,12-13H2,1-3H3. The number of ether oxygens (including phenoxy) is 2. The zero-order valence-corrected chi connectivity index (χ0v) is 19.1. The zero-order chi connectivity index (χ0) is 24.4. The van der Waals surface area contributed by atoms with Crippen molar-refractivity contribution in [1.29, 1.82) is 0 Å². The molecule has 0 saturated heterocycles. The highest BCUT2D eigenvalue weighted by molar-refractivity contribution is 6.09. The highest BCUT2D eigenvalue weighted by Crippen LogP contribution is 2.39. The maximum absolute atomic E-state index is 13.3. The molecule has 1 aliphatic rings. The summed E-state index contributed by atoms with van der Waals surface area (Å²) in [5, 5.41) is 1.05. The maximum atomic E-state index is 13.3. The van der Waals surface area contributed by atoms with Gasteiger partial charge in [0.2, 0.25) is 5.76 Å². The first-order chi connectivity index (χ1) is 16.3. The number of aromatic nitrogens is 1. The molecule has 8 heteroatoms. The van der Waals surface area contributed by atoms with Gasteiger partial charge >= 0.3 is 11.9 Å². The molecule has 174 valence electrons. The molecule has 0 radical (unpaired) electrons. The van der Waals surface area contributed by atoms with Gasteiger partial charge in [0.1, 0.15) is 0 Å². The molecule has 0 saturated carbocycles. The van der Waals surface area contributed by atoms with Crippen LogP contribution in [0.15, 0.2) is 66.1 Å². The number of nitrogens with one attached hydrogen (secondary N) is 1. The Bertz CT molecular complexity index is 1320. The Morgan fingerprint density at radius 3 is 2.38 bits per heavy atom. The molecular formula is C26H24N2O6. The highest BCUT2D eigenvalue weighted by atomic mass is 16.5. The monoisotopic (exact) mass is 460 g/mol. The number of benzene rings is 2. The molecule has 1 unspecified atom stereocenters. The van der Waals surface area contributed by atoms with E-state index < -0.39 is 23.9 Å². The van der Waals surface area contributed by atoms with Crippen molar-refractivity contribution in [3.05, 3.63) is 82.8 Å². The van der Waals surface area contributed by atoms with E-state index in [4.69, 9.17) is 9.47 Å². The number of H-pyrrole nitrogens is 1. The molecule has 0 fully saturated rings. The summed E-state index contributed by atoms with van der Waals surface area (Å²) in [5.41, 5.74) is 3.09. The number of carbonyl (C=O) groups is 4. The topological polar surface area (TPSA) is 106 Å². The van der Waals surface area contributed by atoms with Crippen LogP contribution in [0.2, 0.25) is 0 Å². The van der Waals surface area contributed by atoms with E-state index in [1.165, 1.54) is 25.9 Å². The third kappa shape index (κ3) is 4.22. The molecule has 1 atom stereocenters. The summed E-state index contributed by atoms with van der Waals surface area (Å²) in [6.07, 6.45) is 2.42. The van der Waals surface area contributed by atoms with Gasteiger partial charge in [-0.2, -0.15) is 0 Å². The Kier molecular flexibility index (Phi) is 6.32. The third-order valence-electron chi connectivity index (χ3n) is 5.85. The molecule has 1 aromatic heterocycles. The lowest BCUT2D eigenvalue weighted by Gasteiger charge is -2.26. The fourth-order valence-corrected chi connectivity index (χ4v) is 4.31. The molecule has 0 aliphatic carbocycles. The molecule has 1 amide bonds. The van der Waals surface area contributed by atoms with Crippen molar-refractivity contribution in [2.45, 2.75) is 26.3 Å². The third-order valence-corrected chi connectivity index (χ3v) is 5.85. The molecule has 3 aromatic rings. The first kappa shape index (κ1) is 23.0. The molecule has 0 bridgehead atoms. The number of hydrogen-bond donors (Lipinski definition) is 1. The molecule has 2 aromatic carbocycles. The minimum atomic E-state index is -0.753. The summed E-state index contributed by atoms with van der Waals surface area (Å²) >= 11 is 0. The van der Waals surface area contributed by atoms with E-state index in [0.29, 0.717) is 17.5 Å². The average Bonchev–Trinajstić information content (AvgIpc) is 3.36. The Hall–Kier alpha value is -4.20. The van der Waals surface area contributed by atoms with Crippen LogP contribution in [-0.4, -0.2) is 47.2 Å². The van der Waals surface area contributed by atoms with Crippen LogP contribution in [0.3, 0.4) is 0 Å². The van der Waals surface area contributed by atoms with Crippen LogP contribution < -0.4 is 0 Å². The first-order valence-electron chi connectivity index (χ1n) is 10.8. The summed E-state index contributed by atoms with van der Waals surface area (Å²) < 4.78 is 9.96. The van der Waals surface area contributed by atoms with Crippen molar-refractivity contribution in [1.82, 2.24) is 9.88 Å². The van der Waals surface area contributed by atoms with Crippen LogP contribution in [0, 0.1) is 0 Å². The van der Waals surface area contributed by atoms with Gasteiger partial charge in [0, 0.05) is 30.6 Å². The fraction of sp³-hybridized carbons (Fsp3) is 0.231. The predicted molar refractivity (Wildman–Crippen MR) is 124 cm³/mol. The largest absolute Gasteiger partial charge is 0.465 e. The molecule has 1 N–H and O–H groups in total. The Morgan fingerprint density at radius 2 is 1.74 bits per heavy atom. The van der Waals surface area contributed by atoms with Gasteiger partial charge in [0.15, 0.2) is 5.78 Å². The van der Waals surface area contributed by atoms with E-state index in [9.17, 15) is 19.2 Å². The normalized spacial score (nSPS) is 15.7. The second kappa shape index (κ2) is 9.35. The van der Waals surface area contributed by atoms with Crippen LogP contribution in [0.1, 0.15) is 41.4 Å². The van der Waals surface area contributed by atoms with E-state index in [1.54, 1.807) is 24.3 Å². The molecule has 34 heavy (non-hydrogen) atoms. The van der Waals surface area contributed by atoms with Gasteiger partial charge in [0.25, 0.3) is 5.91 Å². The number of hydrogen-bond acceptors (Lipinski definition) is 6. The van der Waals surface area contributed by atoms with Crippen LogP contribution in [-0.2, 0) is 30.3 Å². The van der Waals surface area contributed by atoms with E-state index in [-0.39, 0.29) is 23.7 Å². The van der Waals surface area contributed by atoms with Gasteiger partial charge in [-0.15, -0.1) is 0 Å². The summed E-state index contributed by atoms with van der Waals surface area (Å²) in [7, 11) is 1.29. The quantitative estimate of drug-likeness (QED) is 0.541. The average molecular weight is 460 g/mol. The number of nitrogens with zero attached hydrogens (tertiary/aromatic N) is 1. The molecule has 0 spiro atoms. The van der Waals surface area contributed by atoms with Crippen LogP contribution in [0.25, 0.3) is 10.9 Å². The second-order valence-electron chi connectivity index (χ2n) is 8.02. The van der Waals surface area contributed by atoms with Crippen LogP contribution >= 0.6 is 0 Å². The van der Waals surface area contributed by atoms with E-state index in [0.717, 1.165) is 16.5 Å². The number of Topliss-reactive ketones (excluding diaryl/α,β-unsaturated/α-hetero) is 1. The van der Waals surface area contributed by atoms with Crippen LogP contribution in [0.4, 0.5) is 0 Å². The molecule has 4 rings (SSSR count). The van der Waals surface area contributed by atoms with Crippen molar-refractivity contribution in [3.8, 4) is 0 Å². The van der Waals surface area contributed by atoms with Crippen molar-refractivity contribution in [3.63, 3.8) is 0 Å². The summed E-state index contributed by atoms with van der Waals surface area (Å²) in [5.74, 6) is -2.32. The van der Waals surface area contributed by atoms with Gasteiger partial charge < -0.3 is 19.4 Å². The number of rotatable bonds is 7. The molecule has 8 nitrogen and oxygen atoms in total. The number of methoxy groups -OCH3 is 1. The number of amides is 1. The number of aromatic amines is 1. The van der Waals surface area contributed by atoms with E-state index in [2.05, 4.69) is 4.98 Å². The number of ketones is 1. The highest BCUT2D eigenvalue weighted by Gasteiger charge is 2.44. The van der Waals surface area contributed by atoms with Crippen molar-refractivity contribution in [2.75, 3.05) is 13.7 Å². The number of carbonyl (C=O) groups excluding carboxylic acids is 4. The minimum absolute atomic E-state index is 0.116. The van der Waals surface area contributed by atoms with Gasteiger partial charge in [-0.05, 0) is 42.7 Å². The van der Waals surface area contributed by atoms with E-state index in [1.807, 2.05) is 30.5 Å². The lowest BCUT2D eigenvalue weighted by molar-refractivity contribution is -0.142. The van der Waals surface area contributed by atoms with Gasteiger partial charge in [-0.1, -0.05) is 30.3 Å². The zero-order valence-electron chi connectivity index (χ0n) is 19.1. The smallest absolute Gasteiger partial charge is 0.337 e. The number of esters is 2. The lowest BCUT2D eigenvalue weighted by Crippen LogP contribution is -2.33. The molecular weight excluding hydrogens is 436 g/mol. The first-order valence-corrected chi connectivity index (χ1v) is 10.8. The maximum Gasteiger partial charge on any atom is 0.337 e. The van der Waals surface area contributed by atoms with Gasteiger partial charge in [-0.3, -0.25) is 14.4 Å². The van der Waals surface area contributed by atoms with Gasteiger partial charge in [-0.25, -0.2) is 4.79 Å². The fourth-order valence-electron chi connectivity index (χ4n) is 4.31. The lowest BCUT2D eigenvalue weighted by atomic mass is 9.95. The van der Waals surface area contributed by atoms with Crippen molar-refractivity contribution < 1.29 is 28.7 Å². The minimum Gasteiger partial charge on any atom is -0.465 e. The molecule has 1 aliphatic heterocycles. The number of para-hydroxylation sites is 1. The van der Waals surface area contributed by atoms with Crippen molar-refractivity contribution in [2.24, 2.45) is 0 Å². The van der Waals surface area contributed by atoms with E-state index >= 15 is 0 Å². The van der Waals surface area contributed by atoms with Gasteiger partial charge in [0.05, 0.1) is 24.3 Å². The Balaban J connectivity index is 1.72. The summed E-state index contributed by atoms with van der Waals surface area (Å²) in [6.45, 7) is 2.81. The SMILES string of the molecule is COC(=O)c1ccc(C2C(C(C)=O)=C(OC(C)=O)C(=O)N2CCc2c[nH]c3ccccc23)cc1. The Labute approximate surface area is 196 Å². The second-order valence-corrected chi connectivity index (χ2v) is 8.02. The summed E-state index contributed by atoms with van der Waals surface area (Å²) in [4.78, 5) is 54.3. The van der Waals surface area contributed by atoms with Crippen molar-refractivity contribution >= 4 is 34.5 Å². The predicted octanol–water partition coefficient (Wildman–Crippen LogP) is 3.49. The van der Waals surface area contributed by atoms with Crippen LogP contribution in [0.5, 0.6) is 0 Å². The Morgan fingerprint density at radius 1 is 1.03 bits per heavy atom. The summed E-state index contributed by atoms with van der Waals surface area (Å²) in [6, 6.07) is 13.6.